The summed E-state index contributed by atoms with van der Waals surface area (Å²) in [5, 5.41) is 9.06. The number of carbonyl (C=O) groups excluding carboxylic acids is 1. The number of urea groups is 1. The number of rotatable bonds is 3. The fourth-order valence-electron chi connectivity index (χ4n) is 2.28. The van der Waals surface area contributed by atoms with E-state index in [9.17, 15) is 4.79 Å². The third kappa shape index (κ3) is 2.75. The van der Waals surface area contributed by atoms with Crippen LogP contribution in [0.15, 0.2) is 29.2 Å². The Balaban J connectivity index is 1.47. The van der Waals surface area contributed by atoms with Crippen molar-refractivity contribution in [2.45, 2.75) is 19.4 Å². The Morgan fingerprint density at radius 3 is 3.37 bits per heavy atom. The van der Waals surface area contributed by atoms with Crippen molar-refractivity contribution in [1.29, 1.82) is 0 Å². The van der Waals surface area contributed by atoms with E-state index in [2.05, 4.69) is 29.9 Å². The van der Waals surface area contributed by atoms with E-state index in [4.69, 9.17) is 0 Å². The minimum Gasteiger partial charge on any atom is -0.363 e. The normalized spacial score (nSPS) is 17.8. The van der Waals surface area contributed by atoms with E-state index in [0.717, 1.165) is 25.2 Å². The molecule has 0 spiro atoms. The van der Waals surface area contributed by atoms with Crippen molar-refractivity contribution in [3.05, 3.63) is 30.5 Å². The zero-order chi connectivity index (χ0) is 13.1. The molecule has 0 bridgehead atoms. The molecule has 7 heteroatoms. The highest BCUT2D eigenvalue weighted by Crippen LogP contribution is 2.17. The summed E-state index contributed by atoms with van der Waals surface area (Å²) in [5.41, 5.74) is 0. The van der Waals surface area contributed by atoms with Gasteiger partial charge in [0.05, 0.1) is 0 Å². The Kier molecular flexibility index (Phi) is 3.18. The summed E-state index contributed by atoms with van der Waals surface area (Å²) in [7, 11) is 0. The first-order valence-corrected chi connectivity index (χ1v) is 6.26. The first-order valence-electron chi connectivity index (χ1n) is 6.26. The lowest BCUT2D eigenvalue weighted by Crippen LogP contribution is -2.36. The summed E-state index contributed by atoms with van der Waals surface area (Å²) in [5.74, 6) is 1.98. The van der Waals surface area contributed by atoms with Crippen molar-refractivity contribution in [3.8, 4) is 0 Å². The molecule has 7 nitrogen and oxygen atoms in total. The van der Waals surface area contributed by atoms with Crippen LogP contribution in [0.4, 0.5) is 10.6 Å². The van der Waals surface area contributed by atoms with Gasteiger partial charge in [0, 0.05) is 38.0 Å². The molecule has 1 aliphatic heterocycles. The summed E-state index contributed by atoms with van der Waals surface area (Å²) in [6.07, 6.45) is 7.22. The van der Waals surface area contributed by atoms with E-state index in [1.54, 1.807) is 6.07 Å². The molecule has 1 aliphatic rings. The molecule has 0 radical (unpaired) electrons. The maximum Gasteiger partial charge on any atom is 0.320 e. The number of amides is 2. The van der Waals surface area contributed by atoms with Gasteiger partial charge in [-0.1, -0.05) is 5.16 Å². The summed E-state index contributed by atoms with van der Waals surface area (Å²) < 4.78 is 6.78. The third-order valence-corrected chi connectivity index (χ3v) is 3.26. The molecule has 1 unspecified atom stereocenters. The number of nitrogens with one attached hydrogen (secondary N) is 2. The second-order valence-corrected chi connectivity index (χ2v) is 4.62. The Hall–Kier alpha value is -2.31. The van der Waals surface area contributed by atoms with Crippen molar-refractivity contribution in [3.63, 3.8) is 0 Å². The molecular formula is C12H15N5O2. The van der Waals surface area contributed by atoms with Crippen molar-refractivity contribution in [2.75, 3.05) is 11.9 Å². The zero-order valence-corrected chi connectivity index (χ0v) is 10.4. The number of hydrogen-bond acceptors (Lipinski definition) is 4. The lowest BCUT2D eigenvalue weighted by atomic mass is 9.99. The highest BCUT2D eigenvalue weighted by Gasteiger charge is 2.19. The number of anilines is 1. The molecule has 1 atom stereocenters. The minimum absolute atomic E-state index is 0.259. The van der Waals surface area contributed by atoms with Gasteiger partial charge in [-0.3, -0.25) is 5.32 Å². The van der Waals surface area contributed by atoms with Gasteiger partial charge < -0.3 is 14.4 Å². The lowest BCUT2D eigenvalue weighted by Gasteiger charge is -2.23. The number of nitrogens with zero attached hydrogens (tertiary/aromatic N) is 3. The first-order chi connectivity index (χ1) is 9.31. The van der Waals surface area contributed by atoms with Crippen LogP contribution in [-0.2, 0) is 13.0 Å². The van der Waals surface area contributed by atoms with Crippen LogP contribution in [0, 0.1) is 5.92 Å². The minimum atomic E-state index is -0.259. The van der Waals surface area contributed by atoms with Crippen LogP contribution in [0.5, 0.6) is 0 Å². The SMILES string of the molecule is O=C(NCC1CCc2nccn2C1)Nc1ccon1. The largest absolute Gasteiger partial charge is 0.363 e. The predicted molar refractivity (Wildman–Crippen MR) is 67.6 cm³/mol. The van der Waals surface area contributed by atoms with E-state index in [1.807, 2.05) is 12.4 Å². The molecule has 3 heterocycles. The van der Waals surface area contributed by atoms with E-state index < -0.39 is 0 Å². The standard InChI is InChI=1S/C12H15N5O2/c18-12(15-10-3-6-19-16-10)14-7-9-1-2-11-13-4-5-17(11)8-9/h3-6,9H,1-2,7-8H2,(H2,14,15,16,18). The molecule has 2 aromatic heterocycles. The highest BCUT2D eigenvalue weighted by molar-refractivity contribution is 5.87. The van der Waals surface area contributed by atoms with Crippen LogP contribution < -0.4 is 10.6 Å². The molecule has 0 aliphatic carbocycles. The summed E-state index contributed by atoms with van der Waals surface area (Å²) in [6, 6.07) is 1.34. The van der Waals surface area contributed by atoms with Gasteiger partial charge in [0.1, 0.15) is 12.1 Å². The van der Waals surface area contributed by atoms with Crippen LogP contribution >= 0.6 is 0 Å². The monoisotopic (exact) mass is 261 g/mol. The number of aromatic nitrogens is 3. The summed E-state index contributed by atoms with van der Waals surface area (Å²) in [4.78, 5) is 15.9. The topological polar surface area (TPSA) is 85.0 Å². The Bertz CT molecular complexity index is 548. The second-order valence-electron chi connectivity index (χ2n) is 4.62. The van der Waals surface area contributed by atoms with Gasteiger partial charge in [-0.05, 0) is 12.3 Å². The van der Waals surface area contributed by atoms with E-state index in [0.29, 0.717) is 18.3 Å². The molecule has 0 fully saturated rings. The van der Waals surface area contributed by atoms with Crippen LogP contribution in [0.2, 0.25) is 0 Å². The van der Waals surface area contributed by atoms with E-state index >= 15 is 0 Å². The fraction of sp³-hybridized carbons (Fsp3) is 0.417. The molecule has 0 aromatic carbocycles. The molecule has 19 heavy (non-hydrogen) atoms. The highest BCUT2D eigenvalue weighted by atomic mass is 16.5. The third-order valence-electron chi connectivity index (χ3n) is 3.26. The molecule has 0 saturated carbocycles. The van der Waals surface area contributed by atoms with Gasteiger partial charge in [0.2, 0.25) is 0 Å². The Morgan fingerprint density at radius 2 is 2.53 bits per heavy atom. The lowest BCUT2D eigenvalue weighted by molar-refractivity contribution is 0.247. The zero-order valence-electron chi connectivity index (χ0n) is 10.4. The Labute approximate surface area is 110 Å². The molecule has 2 aromatic rings. The van der Waals surface area contributed by atoms with Crippen molar-refractivity contribution in [1.82, 2.24) is 20.0 Å². The van der Waals surface area contributed by atoms with E-state index in [-0.39, 0.29) is 6.03 Å². The predicted octanol–water partition coefficient (Wildman–Crippen LogP) is 1.26. The van der Waals surface area contributed by atoms with Crippen LogP contribution in [0.25, 0.3) is 0 Å². The molecule has 100 valence electrons. The van der Waals surface area contributed by atoms with Gasteiger partial charge in [-0.2, -0.15) is 0 Å². The summed E-state index contributed by atoms with van der Waals surface area (Å²) >= 11 is 0. The van der Waals surface area contributed by atoms with Crippen LogP contribution in [-0.4, -0.2) is 27.3 Å². The fourth-order valence-corrected chi connectivity index (χ4v) is 2.28. The first kappa shape index (κ1) is 11.8. The van der Waals surface area contributed by atoms with Crippen LogP contribution in [0.3, 0.4) is 0 Å². The van der Waals surface area contributed by atoms with Gasteiger partial charge in [-0.15, -0.1) is 0 Å². The number of aryl methyl sites for hydroxylation is 1. The number of hydrogen-bond donors (Lipinski definition) is 2. The van der Waals surface area contributed by atoms with Gasteiger partial charge >= 0.3 is 6.03 Å². The maximum absolute atomic E-state index is 11.6. The number of carbonyl (C=O) groups is 1. The van der Waals surface area contributed by atoms with Crippen molar-refractivity contribution in [2.24, 2.45) is 5.92 Å². The van der Waals surface area contributed by atoms with Gasteiger partial charge in [0.15, 0.2) is 5.82 Å². The molecule has 2 N–H and O–H groups in total. The van der Waals surface area contributed by atoms with Gasteiger partial charge in [-0.25, -0.2) is 9.78 Å². The number of imidazole rings is 1. The van der Waals surface area contributed by atoms with E-state index in [1.165, 1.54) is 6.26 Å². The molecular weight excluding hydrogens is 246 g/mol. The van der Waals surface area contributed by atoms with Crippen molar-refractivity contribution < 1.29 is 9.32 Å². The number of fused-ring (bicyclic) bond motifs is 1. The average molecular weight is 261 g/mol. The van der Waals surface area contributed by atoms with Crippen LogP contribution in [0.1, 0.15) is 12.2 Å². The maximum atomic E-state index is 11.6. The Morgan fingerprint density at radius 1 is 1.58 bits per heavy atom. The second kappa shape index (κ2) is 5.13. The van der Waals surface area contributed by atoms with Crippen molar-refractivity contribution >= 4 is 11.8 Å². The molecule has 0 saturated heterocycles. The van der Waals surface area contributed by atoms with Gasteiger partial charge in [0.25, 0.3) is 0 Å². The molecule has 3 rings (SSSR count). The summed E-state index contributed by atoms with van der Waals surface area (Å²) in [6.45, 7) is 1.54. The smallest absolute Gasteiger partial charge is 0.320 e. The molecule has 2 amide bonds. The quantitative estimate of drug-likeness (QED) is 0.871. The average Bonchev–Trinajstić information content (AvgIpc) is 3.06.